The van der Waals surface area contributed by atoms with E-state index in [9.17, 15) is 9.59 Å². The third-order valence-corrected chi connectivity index (χ3v) is 5.54. The normalized spacial score (nSPS) is 17.2. The minimum Gasteiger partial charge on any atom is -0.339 e. The molecule has 0 spiro atoms. The zero-order valence-corrected chi connectivity index (χ0v) is 16.6. The molecule has 1 saturated heterocycles. The summed E-state index contributed by atoms with van der Waals surface area (Å²) in [4.78, 5) is 31.0. The van der Waals surface area contributed by atoms with Crippen molar-refractivity contribution in [3.05, 3.63) is 68.2 Å². The average molecular weight is 400 g/mol. The zero-order chi connectivity index (χ0) is 19.8. The summed E-state index contributed by atoms with van der Waals surface area (Å²) < 4.78 is 1.64. The van der Waals surface area contributed by atoms with Crippen molar-refractivity contribution in [2.75, 3.05) is 19.6 Å². The van der Waals surface area contributed by atoms with Crippen LogP contribution in [0, 0.1) is 13.8 Å². The second kappa shape index (κ2) is 7.41. The number of halogens is 1. The number of H-pyrrole nitrogens is 1. The van der Waals surface area contributed by atoms with Crippen molar-refractivity contribution < 1.29 is 4.79 Å². The third-order valence-electron chi connectivity index (χ3n) is 5.31. The van der Waals surface area contributed by atoms with E-state index in [-0.39, 0.29) is 23.9 Å². The molecular formula is C20H22ClN5O2. The molecule has 28 heavy (non-hydrogen) atoms. The molecule has 0 bridgehead atoms. The number of aryl methyl sites for hydroxylation is 2. The van der Waals surface area contributed by atoms with Crippen LogP contribution < -0.4 is 10.9 Å². The molecule has 8 heteroatoms. The Kier molecular flexibility index (Phi) is 4.95. The number of fused-ring (bicyclic) bond motifs is 1. The van der Waals surface area contributed by atoms with Gasteiger partial charge in [-0.05, 0) is 31.5 Å². The number of carbonyl (C=O) groups is 1. The van der Waals surface area contributed by atoms with Crippen LogP contribution in [0.2, 0.25) is 5.02 Å². The zero-order valence-electron chi connectivity index (χ0n) is 15.8. The second-order valence-electron chi connectivity index (χ2n) is 7.15. The predicted octanol–water partition coefficient (Wildman–Crippen LogP) is 2.01. The number of carbonyl (C=O) groups excluding carboxylic acids is 1. The Morgan fingerprint density at radius 2 is 2.14 bits per heavy atom. The molecule has 1 amide bonds. The first kappa shape index (κ1) is 18.7. The fourth-order valence-corrected chi connectivity index (χ4v) is 4.00. The van der Waals surface area contributed by atoms with Crippen molar-refractivity contribution in [2.45, 2.75) is 26.3 Å². The molecule has 2 N–H and O–H groups in total. The second-order valence-corrected chi connectivity index (χ2v) is 7.59. The van der Waals surface area contributed by atoms with E-state index < -0.39 is 0 Å². The van der Waals surface area contributed by atoms with Crippen LogP contribution in [-0.2, 0) is 11.2 Å². The van der Waals surface area contributed by atoms with Gasteiger partial charge in [-0.3, -0.25) is 14.7 Å². The highest BCUT2D eigenvalue weighted by Gasteiger charge is 2.25. The Morgan fingerprint density at radius 1 is 1.32 bits per heavy atom. The molecule has 0 saturated carbocycles. The van der Waals surface area contributed by atoms with Crippen molar-refractivity contribution >= 4 is 23.2 Å². The molecule has 1 aliphatic rings. The molecule has 2 aromatic heterocycles. The first-order valence-corrected chi connectivity index (χ1v) is 9.64. The molecule has 1 fully saturated rings. The number of benzene rings is 1. The summed E-state index contributed by atoms with van der Waals surface area (Å²) in [5.41, 5.74) is 3.89. The smallest absolute Gasteiger partial charge is 0.266 e. The van der Waals surface area contributed by atoms with E-state index in [2.05, 4.69) is 15.4 Å². The minimum absolute atomic E-state index is 0.0513. The topological polar surface area (TPSA) is 82.5 Å². The van der Waals surface area contributed by atoms with Gasteiger partial charge < -0.3 is 10.2 Å². The van der Waals surface area contributed by atoms with Crippen LogP contribution in [0.3, 0.4) is 0 Å². The van der Waals surface area contributed by atoms with Crippen molar-refractivity contribution in [1.82, 2.24) is 24.8 Å². The van der Waals surface area contributed by atoms with Gasteiger partial charge in [0, 0.05) is 53.7 Å². The van der Waals surface area contributed by atoms with Crippen molar-refractivity contribution in [3.8, 4) is 0 Å². The van der Waals surface area contributed by atoms with Gasteiger partial charge in [0.25, 0.3) is 5.56 Å². The van der Waals surface area contributed by atoms with Gasteiger partial charge in [-0.2, -0.15) is 0 Å². The highest BCUT2D eigenvalue weighted by atomic mass is 35.5. The van der Waals surface area contributed by atoms with Crippen LogP contribution in [0.5, 0.6) is 0 Å². The van der Waals surface area contributed by atoms with E-state index >= 15 is 0 Å². The van der Waals surface area contributed by atoms with E-state index in [1.165, 1.54) is 6.07 Å². The summed E-state index contributed by atoms with van der Waals surface area (Å²) >= 11 is 6.11. The summed E-state index contributed by atoms with van der Waals surface area (Å²) in [7, 11) is 0. The highest BCUT2D eigenvalue weighted by Crippen LogP contribution is 2.22. The number of piperazine rings is 1. The Labute approximate surface area is 167 Å². The minimum atomic E-state index is -0.204. The Bertz CT molecular complexity index is 1100. The lowest BCUT2D eigenvalue weighted by Gasteiger charge is -2.34. The fraction of sp³-hybridized carbons (Fsp3) is 0.350. The third kappa shape index (κ3) is 3.55. The number of hydrogen-bond donors (Lipinski definition) is 2. The van der Waals surface area contributed by atoms with Crippen LogP contribution in [0.4, 0.5) is 0 Å². The first-order chi connectivity index (χ1) is 13.4. The number of rotatable bonds is 3. The summed E-state index contributed by atoms with van der Waals surface area (Å²) in [6.45, 7) is 5.74. The van der Waals surface area contributed by atoms with E-state index in [4.69, 9.17) is 11.6 Å². The maximum absolute atomic E-state index is 13.0. The molecule has 7 nitrogen and oxygen atoms in total. The monoisotopic (exact) mass is 399 g/mol. The van der Waals surface area contributed by atoms with E-state index in [0.717, 1.165) is 29.1 Å². The molecule has 1 aromatic carbocycles. The highest BCUT2D eigenvalue weighted by molar-refractivity contribution is 6.30. The number of aromatic amines is 1. The summed E-state index contributed by atoms with van der Waals surface area (Å²) in [6.07, 6.45) is 0.253. The van der Waals surface area contributed by atoms with Gasteiger partial charge in [0.05, 0.1) is 6.42 Å². The molecule has 1 atom stereocenters. The van der Waals surface area contributed by atoms with Crippen LogP contribution in [0.15, 0.2) is 35.1 Å². The maximum Gasteiger partial charge on any atom is 0.266 e. The lowest BCUT2D eigenvalue weighted by molar-refractivity contribution is -0.131. The molecule has 3 aromatic rings. The molecular weight excluding hydrogens is 378 g/mol. The largest absolute Gasteiger partial charge is 0.339 e. The van der Waals surface area contributed by atoms with Gasteiger partial charge >= 0.3 is 0 Å². The van der Waals surface area contributed by atoms with Crippen molar-refractivity contribution in [1.29, 1.82) is 0 Å². The molecule has 3 heterocycles. The number of nitrogens with zero attached hydrogens (tertiary/aromatic N) is 3. The molecule has 0 radical (unpaired) electrons. The molecule has 1 unspecified atom stereocenters. The van der Waals surface area contributed by atoms with Crippen LogP contribution in [0.1, 0.15) is 28.6 Å². The lowest BCUT2D eigenvalue weighted by atomic mass is 10.0. The predicted molar refractivity (Wildman–Crippen MR) is 108 cm³/mol. The Balaban J connectivity index is 1.55. The quantitative estimate of drug-likeness (QED) is 0.705. The molecule has 4 rings (SSSR count). The van der Waals surface area contributed by atoms with E-state index in [1.54, 1.807) is 4.52 Å². The summed E-state index contributed by atoms with van der Waals surface area (Å²) in [5.74, 6) is 0.0513. The molecule has 1 aliphatic heterocycles. The molecule has 146 valence electrons. The van der Waals surface area contributed by atoms with Crippen LogP contribution in [0.25, 0.3) is 5.65 Å². The van der Waals surface area contributed by atoms with E-state index in [1.807, 2.05) is 43.0 Å². The van der Waals surface area contributed by atoms with Crippen molar-refractivity contribution in [2.24, 2.45) is 0 Å². The van der Waals surface area contributed by atoms with Gasteiger partial charge in [0.2, 0.25) is 5.91 Å². The SMILES string of the molecule is Cc1nc2cc(=O)[nH]n2c(C)c1CC(=O)N1CCNC(c2cccc(Cl)c2)C1. The van der Waals surface area contributed by atoms with Gasteiger partial charge in [0.1, 0.15) is 0 Å². The number of amides is 1. The lowest BCUT2D eigenvalue weighted by Crippen LogP contribution is -2.48. The van der Waals surface area contributed by atoms with Crippen LogP contribution in [-0.4, -0.2) is 45.0 Å². The number of aromatic nitrogens is 3. The van der Waals surface area contributed by atoms with E-state index in [0.29, 0.717) is 23.8 Å². The summed E-state index contributed by atoms with van der Waals surface area (Å²) in [5, 5.41) is 6.87. The van der Waals surface area contributed by atoms with Gasteiger partial charge in [-0.15, -0.1) is 0 Å². The van der Waals surface area contributed by atoms with Crippen LogP contribution >= 0.6 is 11.6 Å². The number of hydrogen-bond acceptors (Lipinski definition) is 4. The van der Waals surface area contributed by atoms with Gasteiger partial charge in [-0.25, -0.2) is 9.50 Å². The Morgan fingerprint density at radius 3 is 2.93 bits per heavy atom. The maximum atomic E-state index is 13.0. The first-order valence-electron chi connectivity index (χ1n) is 9.27. The Hall–Kier alpha value is -2.64. The number of nitrogens with one attached hydrogen (secondary N) is 2. The molecule has 0 aliphatic carbocycles. The fourth-order valence-electron chi connectivity index (χ4n) is 3.80. The standard InChI is InChI=1S/C20H22ClN5O2/c1-12-16(13(2)26-18(23-12)10-19(27)24-26)9-20(28)25-7-6-22-17(11-25)14-4-3-5-15(21)8-14/h3-5,8,10,17,22H,6-7,9,11H2,1-2H3,(H,24,27). The van der Waals surface area contributed by atoms with Gasteiger partial charge in [-0.1, -0.05) is 23.7 Å². The van der Waals surface area contributed by atoms with Gasteiger partial charge in [0.15, 0.2) is 5.65 Å². The average Bonchev–Trinajstić information content (AvgIpc) is 3.05. The summed E-state index contributed by atoms with van der Waals surface area (Å²) in [6, 6.07) is 9.23. The van der Waals surface area contributed by atoms with Crippen molar-refractivity contribution in [3.63, 3.8) is 0 Å².